The van der Waals surface area contributed by atoms with Crippen molar-refractivity contribution in [3.05, 3.63) is 35.9 Å². The Kier molecular flexibility index (Phi) is 4.52. The first-order valence-corrected chi connectivity index (χ1v) is 7.91. The topological polar surface area (TPSA) is 6.48 Å². The van der Waals surface area contributed by atoms with E-state index >= 15 is 0 Å². The summed E-state index contributed by atoms with van der Waals surface area (Å²) in [7, 11) is 0. The van der Waals surface area contributed by atoms with Gasteiger partial charge in [0.15, 0.2) is 0 Å². The third-order valence-electron chi connectivity index (χ3n) is 4.72. The molecule has 0 bridgehead atoms. The SMILES string of the molecule is c1ccc([C@H]2CCN(CCN3CCCCC3)C2)cc1. The van der Waals surface area contributed by atoms with Crippen LogP contribution in [0.4, 0.5) is 0 Å². The van der Waals surface area contributed by atoms with Crippen molar-refractivity contribution in [3.8, 4) is 0 Å². The van der Waals surface area contributed by atoms with Gasteiger partial charge in [0.25, 0.3) is 0 Å². The largest absolute Gasteiger partial charge is 0.302 e. The number of piperidine rings is 1. The van der Waals surface area contributed by atoms with Crippen molar-refractivity contribution >= 4 is 0 Å². The van der Waals surface area contributed by atoms with E-state index in [2.05, 4.69) is 40.1 Å². The van der Waals surface area contributed by atoms with Gasteiger partial charge < -0.3 is 9.80 Å². The van der Waals surface area contributed by atoms with Gasteiger partial charge >= 0.3 is 0 Å². The standard InChI is InChI=1S/C17H26N2/c1-3-7-16(8-4-1)17-9-12-19(15-17)14-13-18-10-5-2-6-11-18/h1,3-4,7-8,17H,2,5-6,9-15H2/t17-/m0/s1. The Hall–Kier alpha value is -0.860. The highest BCUT2D eigenvalue weighted by molar-refractivity contribution is 5.20. The van der Waals surface area contributed by atoms with Crippen molar-refractivity contribution in [3.63, 3.8) is 0 Å². The number of nitrogens with zero attached hydrogens (tertiary/aromatic N) is 2. The molecule has 2 aliphatic rings. The van der Waals surface area contributed by atoms with Crippen molar-refractivity contribution in [2.45, 2.75) is 31.6 Å². The van der Waals surface area contributed by atoms with Gasteiger partial charge in [-0.2, -0.15) is 0 Å². The maximum Gasteiger partial charge on any atom is 0.0110 e. The first-order chi connectivity index (χ1) is 9.42. The maximum atomic E-state index is 2.66. The van der Waals surface area contributed by atoms with Crippen LogP contribution in [0.1, 0.15) is 37.2 Å². The molecule has 0 saturated carbocycles. The summed E-state index contributed by atoms with van der Waals surface area (Å²) < 4.78 is 0. The van der Waals surface area contributed by atoms with E-state index in [1.54, 1.807) is 0 Å². The van der Waals surface area contributed by atoms with Crippen molar-refractivity contribution in [1.29, 1.82) is 0 Å². The van der Waals surface area contributed by atoms with Crippen molar-refractivity contribution < 1.29 is 0 Å². The molecule has 3 rings (SSSR count). The normalized spacial score (nSPS) is 25.8. The molecule has 2 fully saturated rings. The van der Waals surface area contributed by atoms with Crippen LogP contribution in [-0.4, -0.2) is 49.1 Å². The number of rotatable bonds is 4. The van der Waals surface area contributed by atoms with Crippen LogP contribution in [0.15, 0.2) is 30.3 Å². The molecule has 2 aliphatic heterocycles. The summed E-state index contributed by atoms with van der Waals surface area (Å²) in [5, 5.41) is 0. The fourth-order valence-corrected chi connectivity index (χ4v) is 3.50. The van der Waals surface area contributed by atoms with Crippen LogP contribution >= 0.6 is 0 Å². The van der Waals surface area contributed by atoms with Gasteiger partial charge in [-0.25, -0.2) is 0 Å². The average molecular weight is 258 g/mol. The first kappa shape index (κ1) is 13.1. The van der Waals surface area contributed by atoms with E-state index in [0.29, 0.717) is 0 Å². The molecule has 2 saturated heterocycles. The molecule has 0 aromatic heterocycles. The predicted molar refractivity (Wildman–Crippen MR) is 80.5 cm³/mol. The number of likely N-dealkylation sites (tertiary alicyclic amines) is 2. The highest BCUT2D eigenvalue weighted by atomic mass is 15.2. The molecule has 2 nitrogen and oxygen atoms in total. The summed E-state index contributed by atoms with van der Waals surface area (Å²) >= 11 is 0. The van der Waals surface area contributed by atoms with Gasteiger partial charge in [-0.1, -0.05) is 36.8 Å². The Morgan fingerprint density at radius 1 is 0.842 bits per heavy atom. The molecule has 2 heteroatoms. The lowest BCUT2D eigenvalue weighted by Gasteiger charge is -2.28. The van der Waals surface area contributed by atoms with E-state index < -0.39 is 0 Å². The molecule has 0 radical (unpaired) electrons. The van der Waals surface area contributed by atoms with Gasteiger partial charge in [-0.05, 0) is 50.4 Å². The minimum atomic E-state index is 0.766. The fraction of sp³-hybridized carbons (Fsp3) is 0.647. The molecule has 0 unspecified atom stereocenters. The number of benzene rings is 1. The highest BCUT2D eigenvalue weighted by Crippen LogP contribution is 2.26. The van der Waals surface area contributed by atoms with Gasteiger partial charge in [0.05, 0.1) is 0 Å². The van der Waals surface area contributed by atoms with E-state index in [4.69, 9.17) is 0 Å². The van der Waals surface area contributed by atoms with Crippen LogP contribution in [0.5, 0.6) is 0 Å². The lowest BCUT2D eigenvalue weighted by molar-refractivity contribution is 0.195. The molecule has 2 heterocycles. The fourth-order valence-electron chi connectivity index (χ4n) is 3.50. The second-order valence-electron chi connectivity index (χ2n) is 6.10. The molecule has 1 aromatic carbocycles. The van der Waals surface area contributed by atoms with Crippen molar-refractivity contribution in [2.24, 2.45) is 0 Å². The lowest BCUT2D eigenvalue weighted by Crippen LogP contribution is -2.37. The van der Waals surface area contributed by atoms with E-state index in [0.717, 1.165) is 5.92 Å². The van der Waals surface area contributed by atoms with E-state index in [1.165, 1.54) is 70.5 Å². The molecule has 0 aliphatic carbocycles. The molecular formula is C17H26N2. The minimum Gasteiger partial charge on any atom is -0.302 e. The van der Waals surface area contributed by atoms with Crippen LogP contribution in [0, 0.1) is 0 Å². The van der Waals surface area contributed by atoms with Crippen LogP contribution < -0.4 is 0 Å². The Labute approximate surface area is 117 Å². The van der Waals surface area contributed by atoms with E-state index in [1.807, 2.05) is 0 Å². The van der Waals surface area contributed by atoms with Crippen LogP contribution in [0.25, 0.3) is 0 Å². The van der Waals surface area contributed by atoms with Gasteiger partial charge in [0.1, 0.15) is 0 Å². The molecule has 0 amide bonds. The van der Waals surface area contributed by atoms with Crippen LogP contribution in [-0.2, 0) is 0 Å². The molecule has 0 spiro atoms. The van der Waals surface area contributed by atoms with Gasteiger partial charge in [-0.15, -0.1) is 0 Å². The maximum absolute atomic E-state index is 2.66. The zero-order valence-electron chi connectivity index (χ0n) is 11.9. The summed E-state index contributed by atoms with van der Waals surface area (Å²) in [5.74, 6) is 0.766. The zero-order valence-corrected chi connectivity index (χ0v) is 11.9. The average Bonchev–Trinajstić information content (AvgIpc) is 2.96. The van der Waals surface area contributed by atoms with Crippen molar-refractivity contribution in [2.75, 3.05) is 39.3 Å². The smallest absolute Gasteiger partial charge is 0.0110 e. The summed E-state index contributed by atoms with van der Waals surface area (Å²) in [6.07, 6.45) is 5.60. The predicted octanol–water partition coefficient (Wildman–Crippen LogP) is 2.96. The number of hydrogen-bond donors (Lipinski definition) is 0. The summed E-state index contributed by atoms with van der Waals surface area (Å²) in [6, 6.07) is 11.0. The molecule has 1 aromatic rings. The lowest BCUT2D eigenvalue weighted by atomic mass is 9.99. The molecule has 0 N–H and O–H groups in total. The van der Waals surface area contributed by atoms with Gasteiger partial charge in [0, 0.05) is 19.6 Å². The monoisotopic (exact) mass is 258 g/mol. The second kappa shape index (κ2) is 6.53. The second-order valence-corrected chi connectivity index (χ2v) is 6.10. The van der Waals surface area contributed by atoms with Crippen LogP contribution in [0.2, 0.25) is 0 Å². The summed E-state index contributed by atoms with van der Waals surface area (Å²) in [6.45, 7) is 7.75. The quantitative estimate of drug-likeness (QED) is 0.819. The molecular weight excluding hydrogens is 232 g/mol. The number of hydrogen-bond acceptors (Lipinski definition) is 2. The Bertz CT molecular complexity index is 370. The third-order valence-corrected chi connectivity index (χ3v) is 4.72. The van der Waals surface area contributed by atoms with Gasteiger partial charge in [0.2, 0.25) is 0 Å². The molecule has 19 heavy (non-hydrogen) atoms. The highest BCUT2D eigenvalue weighted by Gasteiger charge is 2.23. The zero-order chi connectivity index (χ0) is 12.9. The first-order valence-electron chi connectivity index (χ1n) is 7.91. The van der Waals surface area contributed by atoms with Gasteiger partial charge in [-0.3, -0.25) is 0 Å². The Morgan fingerprint density at radius 2 is 1.58 bits per heavy atom. The summed E-state index contributed by atoms with van der Waals surface area (Å²) in [4.78, 5) is 5.31. The Balaban J connectivity index is 1.44. The van der Waals surface area contributed by atoms with E-state index in [-0.39, 0.29) is 0 Å². The van der Waals surface area contributed by atoms with E-state index in [9.17, 15) is 0 Å². The summed E-state index contributed by atoms with van der Waals surface area (Å²) in [5.41, 5.74) is 1.53. The molecule has 1 atom stereocenters. The van der Waals surface area contributed by atoms with Crippen LogP contribution in [0.3, 0.4) is 0 Å². The minimum absolute atomic E-state index is 0.766. The third kappa shape index (κ3) is 3.58. The van der Waals surface area contributed by atoms with Crippen molar-refractivity contribution in [1.82, 2.24) is 9.80 Å². The molecule has 104 valence electrons. The Morgan fingerprint density at radius 3 is 2.37 bits per heavy atom.